The molecule has 136 valence electrons. The summed E-state index contributed by atoms with van der Waals surface area (Å²) in [6, 6.07) is 15.0. The van der Waals surface area contributed by atoms with Gasteiger partial charge >= 0.3 is 0 Å². The molecule has 0 aliphatic rings. The minimum Gasteiger partial charge on any atom is -0.497 e. The van der Waals surface area contributed by atoms with E-state index in [0.29, 0.717) is 18.5 Å². The summed E-state index contributed by atoms with van der Waals surface area (Å²) in [6.07, 6.45) is 4.32. The predicted octanol–water partition coefficient (Wildman–Crippen LogP) is 3.37. The molecule has 2 amide bonds. The summed E-state index contributed by atoms with van der Waals surface area (Å²) >= 11 is 0. The summed E-state index contributed by atoms with van der Waals surface area (Å²) in [5, 5.41) is 2.84. The van der Waals surface area contributed by atoms with Gasteiger partial charge in [-0.05, 0) is 47.9 Å². The van der Waals surface area contributed by atoms with Crippen LogP contribution >= 0.6 is 0 Å². The predicted molar refractivity (Wildman–Crippen MR) is 104 cm³/mol. The van der Waals surface area contributed by atoms with Gasteiger partial charge in [0.1, 0.15) is 5.75 Å². The number of benzene rings is 2. The van der Waals surface area contributed by atoms with Crippen LogP contribution in [0.15, 0.2) is 54.6 Å². The molecule has 5 heteroatoms. The van der Waals surface area contributed by atoms with Crippen molar-refractivity contribution in [2.45, 2.75) is 12.8 Å². The van der Waals surface area contributed by atoms with E-state index in [1.807, 2.05) is 48.5 Å². The van der Waals surface area contributed by atoms with Crippen molar-refractivity contribution in [3.05, 3.63) is 65.7 Å². The summed E-state index contributed by atoms with van der Waals surface area (Å²) in [5.41, 5.74) is 2.64. The van der Waals surface area contributed by atoms with Crippen molar-refractivity contribution in [2.24, 2.45) is 0 Å². The molecule has 2 aromatic rings. The third-order valence-corrected chi connectivity index (χ3v) is 3.86. The molecule has 26 heavy (non-hydrogen) atoms. The van der Waals surface area contributed by atoms with Gasteiger partial charge in [0.15, 0.2) is 0 Å². The molecule has 0 aliphatic carbocycles. The van der Waals surface area contributed by atoms with Crippen molar-refractivity contribution in [2.75, 3.05) is 26.5 Å². The average molecular weight is 352 g/mol. The maximum Gasteiger partial charge on any atom is 0.248 e. The summed E-state index contributed by atoms with van der Waals surface area (Å²) in [7, 11) is 5.10. The lowest BCUT2D eigenvalue weighted by molar-refractivity contribution is -0.128. The van der Waals surface area contributed by atoms with Gasteiger partial charge in [-0.25, -0.2) is 0 Å². The standard InChI is InChI=1S/C21H24N2O3/c1-23(2)21(25)14-10-17-5-4-6-18(15-17)22-20(24)13-9-16-7-11-19(26-3)12-8-16/h4-9,11-13,15H,10,14H2,1-3H3,(H,22,24)/b13-9+. The Labute approximate surface area is 154 Å². The molecule has 0 aliphatic heterocycles. The minimum atomic E-state index is -0.206. The van der Waals surface area contributed by atoms with Crippen molar-refractivity contribution in [1.82, 2.24) is 4.90 Å². The molecule has 2 aromatic carbocycles. The molecule has 0 aromatic heterocycles. The largest absolute Gasteiger partial charge is 0.497 e. The maximum atomic E-state index is 12.1. The van der Waals surface area contributed by atoms with Crippen LogP contribution in [-0.4, -0.2) is 37.9 Å². The number of ether oxygens (including phenoxy) is 1. The van der Waals surface area contributed by atoms with Gasteiger partial charge in [0, 0.05) is 32.3 Å². The molecule has 0 bridgehead atoms. The van der Waals surface area contributed by atoms with Crippen molar-refractivity contribution >= 4 is 23.6 Å². The van der Waals surface area contributed by atoms with Crippen LogP contribution in [0.25, 0.3) is 6.08 Å². The third-order valence-electron chi connectivity index (χ3n) is 3.86. The fourth-order valence-corrected chi connectivity index (χ4v) is 2.35. The van der Waals surface area contributed by atoms with Crippen molar-refractivity contribution in [3.8, 4) is 5.75 Å². The first-order valence-corrected chi connectivity index (χ1v) is 8.40. The lowest BCUT2D eigenvalue weighted by atomic mass is 10.1. The lowest BCUT2D eigenvalue weighted by Gasteiger charge is -2.10. The van der Waals surface area contributed by atoms with Gasteiger partial charge in [0.2, 0.25) is 11.8 Å². The van der Waals surface area contributed by atoms with Crippen LogP contribution in [0.4, 0.5) is 5.69 Å². The van der Waals surface area contributed by atoms with E-state index < -0.39 is 0 Å². The van der Waals surface area contributed by atoms with E-state index in [0.717, 1.165) is 16.9 Å². The SMILES string of the molecule is COc1ccc(/C=C/C(=O)Nc2cccc(CCC(=O)N(C)C)c2)cc1. The number of anilines is 1. The lowest BCUT2D eigenvalue weighted by Crippen LogP contribution is -2.21. The second-order valence-corrected chi connectivity index (χ2v) is 6.08. The van der Waals surface area contributed by atoms with Gasteiger partial charge in [-0.2, -0.15) is 0 Å². The second-order valence-electron chi connectivity index (χ2n) is 6.08. The van der Waals surface area contributed by atoms with Gasteiger partial charge < -0.3 is 15.0 Å². The Morgan fingerprint density at radius 3 is 2.50 bits per heavy atom. The van der Waals surface area contributed by atoms with Crippen molar-refractivity contribution in [3.63, 3.8) is 0 Å². The molecule has 0 heterocycles. The van der Waals surface area contributed by atoms with E-state index in [1.54, 1.807) is 32.2 Å². The Balaban J connectivity index is 1.92. The summed E-state index contributed by atoms with van der Waals surface area (Å²) in [5.74, 6) is 0.653. The number of carbonyl (C=O) groups is 2. The molecule has 0 saturated heterocycles. The first-order chi connectivity index (χ1) is 12.5. The Morgan fingerprint density at radius 1 is 1.12 bits per heavy atom. The van der Waals surface area contributed by atoms with Crippen molar-refractivity contribution < 1.29 is 14.3 Å². The zero-order valence-electron chi connectivity index (χ0n) is 15.4. The van der Waals surface area contributed by atoms with Crippen molar-refractivity contribution in [1.29, 1.82) is 0 Å². The van der Waals surface area contributed by atoms with Gasteiger partial charge in [0.05, 0.1) is 7.11 Å². The first-order valence-electron chi connectivity index (χ1n) is 8.40. The Kier molecular flexibility index (Phi) is 6.97. The Bertz CT molecular complexity index is 780. The van der Waals surface area contributed by atoms with E-state index in [-0.39, 0.29) is 11.8 Å². The number of nitrogens with zero attached hydrogens (tertiary/aromatic N) is 1. The molecular weight excluding hydrogens is 328 g/mol. The van der Waals surface area contributed by atoms with Gasteiger partial charge in [0.25, 0.3) is 0 Å². The smallest absolute Gasteiger partial charge is 0.248 e. The van der Waals surface area contributed by atoms with Crippen LogP contribution in [-0.2, 0) is 16.0 Å². The highest BCUT2D eigenvalue weighted by molar-refractivity contribution is 6.01. The van der Waals surface area contributed by atoms with Gasteiger partial charge in [-0.3, -0.25) is 9.59 Å². The summed E-state index contributed by atoms with van der Waals surface area (Å²) < 4.78 is 5.11. The van der Waals surface area contributed by atoms with Gasteiger partial charge in [-0.1, -0.05) is 24.3 Å². The first kappa shape index (κ1) is 19.2. The van der Waals surface area contributed by atoms with E-state index in [4.69, 9.17) is 4.74 Å². The second kappa shape index (κ2) is 9.42. The number of aryl methyl sites for hydroxylation is 1. The molecule has 2 rings (SSSR count). The zero-order chi connectivity index (χ0) is 18.9. The quantitative estimate of drug-likeness (QED) is 0.777. The van der Waals surface area contributed by atoms with E-state index in [2.05, 4.69) is 5.32 Å². The Morgan fingerprint density at radius 2 is 1.85 bits per heavy atom. The monoisotopic (exact) mass is 352 g/mol. The third kappa shape index (κ3) is 6.09. The highest BCUT2D eigenvalue weighted by Crippen LogP contribution is 2.14. The summed E-state index contributed by atoms with van der Waals surface area (Å²) in [4.78, 5) is 25.3. The van der Waals surface area contributed by atoms with Crippen LogP contribution in [0.5, 0.6) is 5.75 Å². The highest BCUT2D eigenvalue weighted by Gasteiger charge is 2.05. The molecule has 0 spiro atoms. The molecule has 5 nitrogen and oxygen atoms in total. The van der Waals surface area contributed by atoms with Crippen LogP contribution in [0.3, 0.4) is 0 Å². The van der Waals surface area contributed by atoms with E-state index >= 15 is 0 Å². The number of carbonyl (C=O) groups excluding carboxylic acids is 2. The fraction of sp³-hybridized carbons (Fsp3) is 0.238. The minimum absolute atomic E-state index is 0.0851. The van der Waals surface area contributed by atoms with E-state index in [9.17, 15) is 9.59 Å². The van der Waals surface area contributed by atoms with Crippen LogP contribution in [0.1, 0.15) is 17.5 Å². The molecule has 1 N–H and O–H groups in total. The van der Waals surface area contributed by atoms with E-state index in [1.165, 1.54) is 6.08 Å². The number of hydrogen-bond acceptors (Lipinski definition) is 3. The highest BCUT2D eigenvalue weighted by atomic mass is 16.5. The molecule has 0 unspecified atom stereocenters. The number of rotatable bonds is 7. The van der Waals surface area contributed by atoms with Gasteiger partial charge in [-0.15, -0.1) is 0 Å². The topological polar surface area (TPSA) is 58.6 Å². The Hall–Kier alpha value is -3.08. The molecular formula is C21H24N2O3. The molecule has 0 radical (unpaired) electrons. The normalized spacial score (nSPS) is 10.6. The number of amides is 2. The zero-order valence-corrected chi connectivity index (χ0v) is 15.4. The van der Waals surface area contributed by atoms with Crippen LogP contribution < -0.4 is 10.1 Å². The maximum absolute atomic E-state index is 12.1. The molecule has 0 atom stereocenters. The fourth-order valence-electron chi connectivity index (χ4n) is 2.35. The number of nitrogens with one attached hydrogen (secondary N) is 1. The molecule has 0 fully saturated rings. The average Bonchev–Trinajstić information content (AvgIpc) is 2.65. The van der Waals surface area contributed by atoms with Crippen LogP contribution in [0, 0.1) is 0 Å². The number of hydrogen-bond donors (Lipinski definition) is 1. The summed E-state index contributed by atoms with van der Waals surface area (Å²) in [6.45, 7) is 0. The van der Waals surface area contributed by atoms with Crippen LogP contribution in [0.2, 0.25) is 0 Å². The molecule has 0 saturated carbocycles. The number of methoxy groups -OCH3 is 1.